The van der Waals surface area contributed by atoms with Crippen molar-refractivity contribution in [2.45, 2.75) is 13.8 Å². The molecule has 0 spiro atoms. The van der Waals surface area contributed by atoms with Crippen LogP contribution >= 0.6 is 0 Å². The smallest absolute Gasteiger partial charge is 0.373 e. The van der Waals surface area contributed by atoms with E-state index in [4.69, 9.17) is 9.99 Å². The third-order valence-corrected chi connectivity index (χ3v) is 2.04. The first kappa shape index (κ1) is 12.2. The first-order valence-electron chi connectivity index (χ1n) is 4.73. The van der Waals surface area contributed by atoms with E-state index in [1.165, 1.54) is 18.2 Å². The van der Waals surface area contributed by atoms with E-state index >= 15 is 0 Å². The average Bonchev–Trinajstić information content (AvgIpc) is 2.28. The van der Waals surface area contributed by atoms with Gasteiger partial charge in [-0.05, 0) is 37.6 Å². The molecule has 0 heterocycles. The highest BCUT2D eigenvalue weighted by atomic mass is 17.1. The van der Waals surface area contributed by atoms with Crippen LogP contribution in [0.3, 0.4) is 0 Å². The lowest BCUT2D eigenvalue weighted by atomic mass is 10.1. The van der Waals surface area contributed by atoms with Crippen LogP contribution in [-0.4, -0.2) is 23.8 Å². The first-order valence-corrected chi connectivity index (χ1v) is 4.73. The average molecular weight is 224 g/mol. The standard InChI is InChI=1S/C11H12O5/c1-3-15-10(12)8-4-5-9(7(2)6-8)11(13)16-14/h4-6,14H,3H2,1-2H3. The van der Waals surface area contributed by atoms with Gasteiger partial charge in [0.15, 0.2) is 0 Å². The number of ether oxygens (including phenoxy) is 1. The highest BCUT2D eigenvalue weighted by Crippen LogP contribution is 2.13. The number of hydrogen-bond acceptors (Lipinski definition) is 5. The fourth-order valence-corrected chi connectivity index (χ4v) is 1.28. The third kappa shape index (κ3) is 2.58. The molecule has 0 atom stereocenters. The van der Waals surface area contributed by atoms with Gasteiger partial charge >= 0.3 is 11.9 Å². The molecule has 1 aromatic rings. The van der Waals surface area contributed by atoms with Crippen LogP contribution in [0, 0.1) is 6.92 Å². The maximum absolute atomic E-state index is 11.4. The zero-order valence-corrected chi connectivity index (χ0v) is 9.02. The highest BCUT2D eigenvalue weighted by Gasteiger charge is 2.13. The van der Waals surface area contributed by atoms with Crippen LogP contribution < -0.4 is 0 Å². The van der Waals surface area contributed by atoms with Crippen LogP contribution in [-0.2, 0) is 9.62 Å². The highest BCUT2D eigenvalue weighted by molar-refractivity contribution is 5.94. The number of esters is 1. The number of carbonyl (C=O) groups is 2. The maximum Gasteiger partial charge on any atom is 0.373 e. The summed E-state index contributed by atoms with van der Waals surface area (Å²) < 4.78 is 4.81. The quantitative estimate of drug-likeness (QED) is 0.481. The van der Waals surface area contributed by atoms with Gasteiger partial charge in [-0.15, -0.1) is 0 Å². The molecule has 86 valence electrons. The molecule has 0 fully saturated rings. The van der Waals surface area contributed by atoms with Crippen LogP contribution in [0.1, 0.15) is 33.2 Å². The van der Waals surface area contributed by atoms with E-state index in [2.05, 4.69) is 4.89 Å². The zero-order chi connectivity index (χ0) is 12.1. The van der Waals surface area contributed by atoms with Gasteiger partial charge in [0.2, 0.25) is 0 Å². The Labute approximate surface area is 92.5 Å². The normalized spacial score (nSPS) is 9.69. The number of hydrogen-bond donors (Lipinski definition) is 1. The molecule has 0 unspecified atom stereocenters. The Morgan fingerprint density at radius 3 is 2.50 bits per heavy atom. The van der Waals surface area contributed by atoms with Crippen molar-refractivity contribution in [1.82, 2.24) is 0 Å². The van der Waals surface area contributed by atoms with Gasteiger partial charge in [0.25, 0.3) is 0 Å². The van der Waals surface area contributed by atoms with Crippen molar-refractivity contribution in [3.8, 4) is 0 Å². The molecular weight excluding hydrogens is 212 g/mol. The van der Waals surface area contributed by atoms with E-state index in [1.54, 1.807) is 13.8 Å². The molecule has 0 radical (unpaired) electrons. The number of carbonyl (C=O) groups excluding carboxylic acids is 2. The maximum atomic E-state index is 11.4. The van der Waals surface area contributed by atoms with E-state index in [0.717, 1.165) is 0 Å². The second-order valence-corrected chi connectivity index (χ2v) is 3.13. The zero-order valence-electron chi connectivity index (χ0n) is 9.02. The fraction of sp³-hybridized carbons (Fsp3) is 0.273. The molecule has 0 aliphatic heterocycles. The lowest BCUT2D eigenvalue weighted by molar-refractivity contribution is -0.182. The van der Waals surface area contributed by atoms with E-state index in [1.807, 2.05) is 0 Å². The third-order valence-electron chi connectivity index (χ3n) is 2.04. The Morgan fingerprint density at radius 1 is 1.31 bits per heavy atom. The Morgan fingerprint density at radius 2 is 2.00 bits per heavy atom. The summed E-state index contributed by atoms with van der Waals surface area (Å²) in [4.78, 5) is 26.0. The minimum absolute atomic E-state index is 0.204. The predicted octanol–water partition coefficient (Wildman–Crippen LogP) is 1.80. The summed E-state index contributed by atoms with van der Waals surface area (Å²) in [6.45, 7) is 3.63. The molecular formula is C11H12O5. The SMILES string of the molecule is CCOC(=O)c1ccc(C(=O)OO)c(C)c1. The van der Waals surface area contributed by atoms with Gasteiger partial charge in [-0.2, -0.15) is 5.26 Å². The van der Waals surface area contributed by atoms with Crippen LogP contribution in [0.15, 0.2) is 18.2 Å². The van der Waals surface area contributed by atoms with Gasteiger partial charge in [0, 0.05) is 0 Å². The minimum atomic E-state index is -0.854. The van der Waals surface area contributed by atoms with Crippen molar-refractivity contribution >= 4 is 11.9 Å². The summed E-state index contributed by atoms with van der Waals surface area (Å²) in [5.41, 5.74) is 1.09. The molecule has 5 nitrogen and oxygen atoms in total. The predicted molar refractivity (Wildman–Crippen MR) is 55.2 cm³/mol. The number of benzene rings is 1. The van der Waals surface area contributed by atoms with Crippen molar-refractivity contribution in [3.05, 3.63) is 34.9 Å². The summed E-state index contributed by atoms with van der Waals surface area (Å²) in [5.74, 6) is -1.30. The van der Waals surface area contributed by atoms with Gasteiger partial charge in [-0.1, -0.05) is 0 Å². The fourth-order valence-electron chi connectivity index (χ4n) is 1.28. The molecule has 0 saturated carbocycles. The molecule has 0 aliphatic carbocycles. The molecule has 0 aromatic heterocycles. The first-order chi connectivity index (χ1) is 7.60. The van der Waals surface area contributed by atoms with E-state index in [0.29, 0.717) is 11.1 Å². The molecule has 0 saturated heterocycles. The van der Waals surface area contributed by atoms with Crippen LogP contribution in [0.2, 0.25) is 0 Å². The molecule has 5 heteroatoms. The van der Waals surface area contributed by atoms with Crippen molar-refractivity contribution in [1.29, 1.82) is 0 Å². The summed E-state index contributed by atoms with van der Waals surface area (Å²) in [7, 11) is 0. The minimum Gasteiger partial charge on any atom is -0.462 e. The van der Waals surface area contributed by atoms with E-state index in [-0.39, 0.29) is 12.2 Å². The second kappa shape index (κ2) is 5.27. The van der Waals surface area contributed by atoms with E-state index in [9.17, 15) is 9.59 Å². The summed E-state index contributed by atoms with van der Waals surface area (Å²) >= 11 is 0. The van der Waals surface area contributed by atoms with Crippen molar-refractivity contribution in [2.75, 3.05) is 6.61 Å². The molecule has 1 aromatic carbocycles. The van der Waals surface area contributed by atoms with Gasteiger partial charge in [0.05, 0.1) is 17.7 Å². The molecule has 0 amide bonds. The second-order valence-electron chi connectivity index (χ2n) is 3.13. The van der Waals surface area contributed by atoms with Crippen LogP contribution in [0.25, 0.3) is 0 Å². The van der Waals surface area contributed by atoms with Crippen molar-refractivity contribution in [2.24, 2.45) is 0 Å². The largest absolute Gasteiger partial charge is 0.462 e. The van der Waals surface area contributed by atoms with Gasteiger partial charge in [0.1, 0.15) is 0 Å². The molecule has 16 heavy (non-hydrogen) atoms. The van der Waals surface area contributed by atoms with Crippen LogP contribution in [0.5, 0.6) is 0 Å². The van der Waals surface area contributed by atoms with E-state index < -0.39 is 11.9 Å². The van der Waals surface area contributed by atoms with Gasteiger partial charge in [-0.25, -0.2) is 9.59 Å². The number of aryl methyl sites for hydroxylation is 1. The van der Waals surface area contributed by atoms with Crippen molar-refractivity contribution in [3.63, 3.8) is 0 Å². The lowest BCUT2D eigenvalue weighted by Crippen LogP contribution is -2.08. The van der Waals surface area contributed by atoms with Crippen LogP contribution in [0.4, 0.5) is 0 Å². The molecule has 0 aliphatic rings. The lowest BCUT2D eigenvalue weighted by Gasteiger charge is -2.05. The Hall–Kier alpha value is -1.88. The topological polar surface area (TPSA) is 72.8 Å². The summed E-state index contributed by atoms with van der Waals surface area (Å²) in [5, 5.41) is 8.23. The van der Waals surface area contributed by atoms with Gasteiger partial charge < -0.3 is 4.74 Å². The Kier molecular flexibility index (Phi) is 4.02. The Bertz CT molecular complexity index is 411. The summed E-state index contributed by atoms with van der Waals surface area (Å²) in [6, 6.07) is 4.35. The monoisotopic (exact) mass is 224 g/mol. The van der Waals surface area contributed by atoms with Gasteiger partial charge in [-0.3, -0.25) is 4.89 Å². The Balaban J connectivity index is 2.99. The van der Waals surface area contributed by atoms with Crippen molar-refractivity contribution < 1.29 is 24.5 Å². The summed E-state index contributed by atoms with van der Waals surface area (Å²) in [6.07, 6.45) is 0. The molecule has 1 N–H and O–H groups in total. The molecule has 0 bridgehead atoms. The molecule has 1 rings (SSSR count). The number of rotatable bonds is 3.